The van der Waals surface area contributed by atoms with Crippen molar-refractivity contribution in [3.05, 3.63) is 16.1 Å². The van der Waals surface area contributed by atoms with Gasteiger partial charge in [-0.3, -0.25) is 4.79 Å². The first-order chi connectivity index (χ1) is 9.92. The molecule has 1 heterocycles. The third-order valence-electron chi connectivity index (χ3n) is 2.56. The molecule has 0 radical (unpaired) electrons. The van der Waals surface area contributed by atoms with Gasteiger partial charge < -0.3 is 20.5 Å². The fourth-order valence-corrected chi connectivity index (χ4v) is 2.22. The molecule has 1 aromatic rings. The first-order valence-corrected chi connectivity index (χ1v) is 6.99. The summed E-state index contributed by atoms with van der Waals surface area (Å²) in [5, 5.41) is 14.7. The lowest BCUT2D eigenvalue weighted by Crippen LogP contribution is -2.45. The molecule has 0 aliphatic carbocycles. The summed E-state index contributed by atoms with van der Waals surface area (Å²) < 4.78 is 4.43. The van der Waals surface area contributed by atoms with E-state index in [0.717, 1.165) is 9.88 Å². The van der Waals surface area contributed by atoms with Crippen LogP contribution in [0.3, 0.4) is 0 Å². The number of esters is 1. The van der Waals surface area contributed by atoms with E-state index in [4.69, 9.17) is 5.11 Å². The Hall–Kier alpha value is -2.16. The van der Waals surface area contributed by atoms with Crippen molar-refractivity contribution >= 4 is 29.3 Å². The molecule has 1 atom stereocenters. The minimum absolute atomic E-state index is 0.0326. The minimum Gasteiger partial charge on any atom is -0.480 e. The lowest BCUT2D eigenvalue weighted by atomic mass is 10.1. The lowest BCUT2D eigenvalue weighted by molar-refractivity contribution is -0.142. The van der Waals surface area contributed by atoms with Gasteiger partial charge in [0, 0.05) is 17.5 Å². The van der Waals surface area contributed by atoms with Crippen molar-refractivity contribution in [3.63, 3.8) is 0 Å². The van der Waals surface area contributed by atoms with E-state index in [9.17, 15) is 14.4 Å². The Morgan fingerprint density at radius 3 is 2.71 bits per heavy atom. The summed E-state index contributed by atoms with van der Waals surface area (Å²) in [6.07, 6.45) is 1.53. The number of carbonyl (C=O) groups excluding carboxylic acids is 2. The van der Waals surface area contributed by atoms with Gasteiger partial charge >= 0.3 is 18.0 Å². The molecule has 0 unspecified atom stereocenters. The monoisotopic (exact) mass is 315 g/mol. The number of aliphatic carboxylic acids is 1. The summed E-state index contributed by atoms with van der Waals surface area (Å²) in [4.78, 5) is 38.5. The first kappa shape index (κ1) is 16.9. The highest BCUT2D eigenvalue weighted by molar-refractivity contribution is 7.11. The number of methoxy groups -OCH3 is 1. The maximum absolute atomic E-state index is 11.6. The normalized spacial score (nSPS) is 11.5. The number of carboxylic acid groups (broad SMARTS) is 1. The van der Waals surface area contributed by atoms with Gasteiger partial charge in [-0.2, -0.15) is 0 Å². The highest BCUT2D eigenvalue weighted by Crippen LogP contribution is 2.10. The van der Waals surface area contributed by atoms with Crippen LogP contribution in [0.5, 0.6) is 0 Å². The van der Waals surface area contributed by atoms with E-state index >= 15 is 0 Å². The number of nitrogens with zero attached hydrogens (tertiary/aromatic N) is 1. The highest BCUT2D eigenvalue weighted by Gasteiger charge is 2.21. The number of thiazole rings is 1. The summed E-state index contributed by atoms with van der Waals surface area (Å²) in [6.45, 7) is 2.11. The van der Waals surface area contributed by atoms with Crippen molar-refractivity contribution in [2.24, 2.45) is 0 Å². The second kappa shape index (κ2) is 8.20. The number of rotatable bonds is 7. The molecule has 3 N–H and O–H groups in total. The molecule has 0 bridgehead atoms. The minimum atomic E-state index is -1.21. The predicted molar refractivity (Wildman–Crippen MR) is 74.9 cm³/mol. The molecule has 0 saturated carbocycles. The quantitative estimate of drug-likeness (QED) is 0.636. The number of ether oxygens (including phenoxy) is 1. The van der Waals surface area contributed by atoms with Crippen LogP contribution in [0.4, 0.5) is 4.79 Å². The summed E-state index contributed by atoms with van der Waals surface area (Å²) in [6, 6.07) is -1.76. The molecule has 1 rings (SSSR count). The highest BCUT2D eigenvalue weighted by atomic mass is 32.1. The van der Waals surface area contributed by atoms with Crippen LogP contribution in [0.25, 0.3) is 0 Å². The van der Waals surface area contributed by atoms with E-state index in [1.54, 1.807) is 6.20 Å². The zero-order valence-electron chi connectivity index (χ0n) is 11.7. The third kappa shape index (κ3) is 6.21. The van der Waals surface area contributed by atoms with Crippen LogP contribution in [-0.4, -0.2) is 41.2 Å². The number of amides is 2. The van der Waals surface area contributed by atoms with Gasteiger partial charge in [0.05, 0.1) is 18.7 Å². The summed E-state index contributed by atoms with van der Waals surface area (Å²) in [5.41, 5.74) is 0. The first-order valence-electron chi connectivity index (χ1n) is 6.17. The van der Waals surface area contributed by atoms with Crippen molar-refractivity contribution in [1.29, 1.82) is 0 Å². The third-order valence-corrected chi connectivity index (χ3v) is 3.47. The number of hydrogen-bond acceptors (Lipinski definition) is 6. The van der Waals surface area contributed by atoms with Crippen molar-refractivity contribution < 1.29 is 24.2 Å². The van der Waals surface area contributed by atoms with Crippen LogP contribution < -0.4 is 10.6 Å². The van der Waals surface area contributed by atoms with Gasteiger partial charge in [0.1, 0.15) is 6.04 Å². The molecule has 2 amide bonds. The second-order valence-electron chi connectivity index (χ2n) is 4.18. The zero-order chi connectivity index (χ0) is 15.8. The maximum atomic E-state index is 11.6. The Labute approximate surface area is 125 Å². The van der Waals surface area contributed by atoms with Crippen molar-refractivity contribution in [3.8, 4) is 0 Å². The van der Waals surface area contributed by atoms with E-state index in [1.807, 2.05) is 6.92 Å². The molecule has 8 nitrogen and oxygen atoms in total. The van der Waals surface area contributed by atoms with Crippen LogP contribution in [-0.2, 0) is 20.9 Å². The smallest absolute Gasteiger partial charge is 0.326 e. The van der Waals surface area contributed by atoms with Gasteiger partial charge in [-0.1, -0.05) is 0 Å². The number of hydrogen-bond donors (Lipinski definition) is 3. The van der Waals surface area contributed by atoms with Crippen LogP contribution in [0.2, 0.25) is 0 Å². The average Bonchev–Trinajstić information content (AvgIpc) is 2.86. The predicted octanol–water partition coefficient (Wildman–Crippen LogP) is 0.657. The molecule has 116 valence electrons. The molecule has 9 heteroatoms. The number of nitrogens with one attached hydrogen (secondary N) is 2. The van der Waals surface area contributed by atoms with Crippen LogP contribution in [0, 0.1) is 6.92 Å². The molecule has 0 saturated heterocycles. The van der Waals surface area contributed by atoms with E-state index < -0.39 is 24.0 Å². The molecule has 1 aromatic heterocycles. The van der Waals surface area contributed by atoms with Crippen LogP contribution in [0.15, 0.2) is 6.20 Å². The summed E-state index contributed by atoms with van der Waals surface area (Å²) >= 11 is 1.44. The molecular weight excluding hydrogens is 298 g/mol. The number of aromatic nitrogens is 1. The molecule has 0 aromatic carbocycles. The van der Waals surface area contributed by atoms with E-state index in [0.29, 0.717) is 0 Å². The van der Waals surface area contributed by atoms with E-state index in [-0.39, 0.29) is 19.4 Å². The van der Waals surface area contributed by atoms with Gasteiger partial charge in [0.15, 0.2) is 0 Å². The van der Waals surface area contributed by atoms with Gasteiger partial charge in [-0.25, -0.2) is 14.6 Å². The zero-order valence-corrected chi connectivity index (χ0v) is 12.5. The lowest BCUT2D eigenvalue weighted by Gasteiger charge is -2.14. The molecular formula is C12H17N3O5S. The van der Waals surface area contributed by atoms with Gasteiger partial charge in [-0.05, 0) is 13.3 Å². The van der Waals surface area contributed by atoms with Crippen LogP contribution in [0.1, 0.15) is 22.7 Å². The molecule has 0 aliphatic rings. The Bertz CT molecular complexity index is 517. The molecule has 21 heavy (non-hydrogen) atoms. The van der Waals surface area contributed by atoms with Gasteiger partial charge in [0.2, 0.25) is 0 Å². The number of urea groups is 1. The average molecular weight is 315 g/mol. The summed E-state index contributed by atoms with van der Waals surface area (Å²) in [7, 11) is 1.22. The van der Waals surface area contributed by atoms with Crippen molar-refractivity contribution in [2.45, 2.75) is 32.4 Å². The van der Waals surface area contributed by atoms with Crippen molar-refractivity contribution in [1.82, 2.24) is 15.6 Å². The largest absolute Gasteiger partial charge is 0.480 e. The molecule has 0 fully saturated rings. The van der Waals surface area contributed by atoms with Crippen molar-refractivity contribution in [2.75, 3.05) is 7.11 Å². The van der Waals surface area contributed by atoms with Gasteiger partial charge in [0.25, 0.3) is 0 Å². The SMILES string of the molecule is COC(=O)CC[C@H](NC(=O)NCc1cnc(C)s1)C(=O)O. The number of carbonyl (C=O) groups is 3. The summed E-state index contributed by atoms with van der Waals surface area (Å²) in [5.74, 6) is -1.73. The molecule has 0 spiro atoms. The topological polar surface area (TPSA) is 118 Å². The Morgan fingerprint density at radius 2 is 2.19 bits per heavy atom. The maximum Gasteiger partial charge on any atom is 0.326 e. The number of carboxylic acids is 1. The number of aryl methyl sites for hydroxylation is 1. The Morgan fingerprint density at radius 1 is 1.48 bits per heavy atom. The van der Waals surface area contributed by atoms with E-state index in [1.165, 1.54) is 18.4 Å². The second-order valence-corrected chi connectivity index (χ2v) is 5.50. The Kier molecular flexibility index (Phi) is 6.60. The fraction of sp³-hybridized carbons (Fsp3) is 0.500. The standard InChI is InChI=1S/C12H17N3O5S/c1-7-13-5-8(21-7)6-14-12(19)15-9(11(17)18)3-4-10(16)20-2/h5,9H,3-4,6H2,1-2H3,(H,17,18)(H2,14,15,19)/t9-/m0/s1. The van der Waals surface area contributed by atoms with Crippen LogP contribution >= 0.6 is 11.3 Å². The molecule has 0 aliphatic heterocycles. The van der Waals surface area contributed by atoms with E-state index in [2.05, 4.69) is 20.4 Å². The fourth-order valence-electron chi connectivity index (χ4n) is 1.49. The Balaban J connectivity index is 2.41. The van der Waals surface area contributed by atoms with Gasteiger partial charge in [-0.15, -0.1) is 11.3 Å².